The first kappa shape index (κ1) is 27.3. The lowest BCUT2D eigenvalue weighted by Crippen LogP contribution is -2.46. The van der Waals surface area contributed by atoms with Gasteiger partial charge in [-0.1, -0.05) is 41.5 Å². The minimum absolute atomic E-state index is 0.0161. The summed E-state index contributed by atoms with van der Waals surface area (Å²) in [6.07, 6.45) is 4.20. The molecule has 0 unspecified atom stereocenters. The molecule has 3 heterocycles. The third-order valence-electron chi connectivity index (χ3n) is 7.26. The van der Waals surface area contributed by atoms with Crippen LogP contribution in [0.3, 0.4) is 0 Å². The summed E-state index contributed by atoms with van der Waals surface area (Å²) in [5.74, 6) is 1.95. The van der Waals surface area contributed by atoms with Crippen molar-refractivity contribution in [1.82, 2.24) is 19.2 Å². The topological polar surface area (TPSA) is 62.6 Å². The fourth-order valence-corrected chi connectivity index (χ4v) is 5.89. The Bertz CT molecular complexity index is 1040. The predicted octanol–water partition coefficient (Wildman–Crippen LogP) is 5.39. The van der Waals surface area contributed by atoms with Crippen molar-refractivity contribution in [3.8, 4) is 0 Å². The molecule has 0 radical (unpaired) electrons. The highest BCUT2D eigenvalue weighted by Gasteiger charge is 2.28. The quantitative estimate of drug-likeness (QED) is 0.521. The lowest BCUT2D eigenvalue weighted by molar-refractivity contribution is -0.129. The zero-order chi connectivity index (χ0) is 26.1. The number of hydrogen-bond acceptors (Lipinski definition) is 6. The summed E-state index contributed by atoms with van der Waals surface area (Å²) in [6, 6.07) is 6.97. The van der Waals surface area contributed by atoms with Crippen LogP contribution in [0.25, 0.3) is 11.0 Å². The Hall–Kier alpha value is -1.77. The summed E-state index contributed by atoms with van der Waals surface area (Å²) < 4.78 is 12.7. The Labute approximate surface area is 221 Å². The van der Waals surface area contributed by atoms with Gasteiger partial charge in [-0.25, -0.2) is 9.29 Å². The average molecular weight is 516 g/mol. The highest BCUT2D eigenvalue weighted by atomic mass is 32.2. The second kappa shape index (κ2) is 10.9. The van der Waals surface area contributed by atoms with Crippen molar-refractivity contribution >= 4 is 34.8 Å². The van der Waals surface area contributed by atoms with Crippen LogP contribution in [-0.2, 0) is 21.5 Å². The molecule has 2 aromatic rings. The SMILES string of the molecule is CN(SN1CCC(NC(=O)C(C)(C)C)CC1)c1ccc2c(c1)nc(C(C)(C)C)n2CC1CCOCC1. The number of rotatable bonds is 6. The first-order chi connectivity index (χ1) is 16.9. The number of carbonyl (C=O) groups is 1. The third-order valence-corrected chi connectivity index (χ3v) is 8.31. The van der Waals surface area contributed by atoms with Gasteiger partial charge < -0.3 is 18.9 Å². The van der Waals surface area contributed by atoms with Gasteiger partial charge in [0.2, 0.25) is 5.91 Å². The number of nitrogens with zero attached hydrogens (tertiary/aromatic N) is 4. The van der Waals surface area contributed by atoms with Gasteiger partial charge >= 0.3 is 0 Å². The molecule has 1 N–H and O–H groups in total. The molecular weight excluding hydrogens is 470 g/mol. The van der Waals surface area contributed by atoms with E-state index in [-0.39, 0.29) is 22.8 Å². The van der Waals surface area contributed by atoms with Crippen molar-refractivity contribution in [1.29, 1.82) is 0 Å². The minimum atomic E-state index is -0.338. The van der Waals surface area contributed by atoms with Crippen LogP contribution >= 0.6 is 12.1 Å². The van der Waals surface area contributed by atoms with Crippen LogP contribution in [0.4, 0.5) is 5.69 Å². The number of piperidine rings is 1. The smallest absolute Gasteiger partial charge is 0.225 e. The monoisotopic (exact) mass is 515 g/mol. The van der Waals surface area contributed by atoms with Crippen molar-refractivity contribution in [2.24, 2.45) is 11.3 Å². The summed E-state index contributed by atoms with van der Waals surface area (Å²) >= 11 is 1.76. The molecule has 1 aromatic heterocycles. The van der Waals surface area contributed by atoms with Crippen LogP contribution in [0.1, 0.15) is 73.1 Å². The van der Waals surface area contributed by atoms with E-state index in [4.69, 9.17) is 9.72 Å². The molecule has 1 aromatic carbocycles. The van der Waals surface area contributed by atoms with Crippen LogP contribution in [0, 0.1) is 11.3 Å². The molecule has 0 spiro atoms. The number of aromatic nitrogens is 2. The molecule has 4 rings (SSSR count). The van der Waals surface area contributed by atoms with Crippen LogP contribution in [0.2, 0.25) is 0 Å². The van der Waals surface area contributed by atoms with E-state index in [0.29, 0.717) is 5.92 Å². The number of hydrogen-bond donors (Lipinski definition) is 1. The molecule has 7 nitrogen and oxygen atoms in total. The van der Waals surface area contributed by atoms with Crippen molar-refractivity contribution in [2.75, 3.05) is 37.7 Å². The molecule has 0 saturated carbocycles. The van der Waals surface area contributed by atoms with E-state index in [1.165, 1.54) is 5.52 Å². The highest BCUT2D eigenvalue weighted by Crippen LogP contribution is 2.33. The Balaban J connectivity index is 1.42. The number of benzene rings is 1. The van der Waals surface area contributed by atoms with Crippen molar-refractivity contribution < 1.29 is 9.53 Å². The Morgan fingerprint density at radius 2 is 1.78 bits per heavy atom. The van der Waals surface area contributed by atoms with Gasteiger partial charge in [0.15, 0.2) is 0 Å². The fraction of sp³-hybridized carbons (Fsp3) is 0.714. The maximum Gasteiger partial charge on any atom is 0.225 e. The fourth-order valence-electron chi connectivity index (χ4n) is 4.96. The highest BCUT2D eigenvalue weighted by molar-refractivity contribution is 7.98. The number of nitrogens with one attached hydrogen (secondary N) is 1. The van der Waals surface area contributed by atoms with E-state index in [0.717, 1.165) is 75.6 Å². The van der Waals surface area contributed by atoms with Crippen molar-refractivity contribution in [3.63, 3.8) is 0 Å². The predicted molar refractivity (Wildman–Crippen MR) is 150 cm³/mol. The van der Waals surface area contributed by atoms with Gasteiger partial charge in [0.1, 0.15) is 5.82 Å². The van der Waals surface area contributed by atoms with Gasteiger partial charge in [0.25, 0.3) is 0 Å². The van der Waals surface area contributed by atoms with E-state index in [9.17, 15) is 4.79 Å². The maximum absolute atomic E-state index is 12.3. The van der Waals surface area contributed by atoms with Crippen molar-refractivity contribution in [3.05, 3.63) is 24.0 Å². The number of amides is 1. The van der Waals surface area contributed by atoms with Gasteiger partial charge in [-0.15, -0.1) is 0 Å². The Morgan fingerprint density at radius 1 is 1.11 bits per heavy atom. The summed E-state index contributed by atoms with van der Waals surface area (Å²) in [5, 5.41) is 3.23. The number of ether oxygens (including phenoxy) is 1. The Kier molecular flexibility index (Phi) is 8.27. The van der Waals surface area contributed by atoms with E-state index in [1.807, 2.05) is 20.8 Å². The second-order valence-corrected chi connectivity index (χ2v) is 13.8. The van der Waals surface area contributed by atoms with E-state index in [2.05, 4.69) is 64.5 Å². The number of fused-ring (bicyclic) bond motifs is 1. The minimum Gasteiger partial charge on any atom is -0.381 e. The molecule has 8 heteroatoms. The molecule has 0 aliphatic carbocycles. The maximum atomic E-state index is 12.3. The average Bonchev–Trinajstić information content (AvgIpc) is 3.18. The van der Waals surface area contributed by atoms with Gasteiger partial charge in [-0.2, -0.15) is 0 Å². The first-order valence-corrected chi connectivity index (χ1v) is 14.2. The number of anilines is 1. The van der Waals surface area contributed by atoms with Crippen LogP contribution < -0.4 is 9.62 Å². The van der Waals surface area contributed by atoms with Gasteiger partial charge in [-0.05, 0) is 49.8 Å². The van der Waals surface area contributed by atoms with Crippen LogP contribution in [-0.4, -0.2) is 59.2 Å². The molecule has 2 aliphatic heterocycles. The molecule has 2 fully saturated rings. The zero-order valence-electron chi connectivity index (χ0n) is 23.3. The number of imidazole rings is 1. The van der Waals surface area contributed by atoms with Gasteiger partial charge in [-0.3, -0.25) is 4.79 Å². The first-order valence-electron chi connectivity index (χ1n) is 13.5. The normalized spacial score (nSPS) is 19.1. The largest absolute Gasteiger partial charge is 0.381 e. The standard InChI is InChI=1S/C28H45N5O2S/c1-27(2,3)25-30-23-18-22(8-9-24(23)33(25)19-20-12-16-35-17-13-20)31(7)36-32-14-10-21(11-15-32)29-26(34)28(4,5)6/h8-9,18,20-21H,10-17,19H2,1-7H3,(H,29,34). The molecule has 2 saturated heterocycles. The molecule has 0 bridgehead atoms. The van der Waals surface area contributed by atoms with Gasteiger partial charge in [0, 0.05) is 68.9 Å². The zero-order valence-corrected chi connectivity index (χ0v) is 24.1. The summed E-state index contributed by atoms with van der Waals surface area (Å²) in [7, 11) is 2.13. The van der Waals surface area contributed by atoms with E-state index < -0.39 is 0 Å². The Morgan fingerprint density at radius 3 is 2.39 bits per heavy atom. The molecular formula is C28H45N5O2S. The van der Waals surface area contributed by atoms with Crippen LogP contribution in [0.5, 0.6) is 0 Å². The van der Waals surface area contributed by atoms with Crippen molar-refractivity contribution in [2.45, 2.75) is 85.2 Å². The molecule has 0 atom stereocenters. The number of carbonyl (C=O) groups excluding carboxylic acids is 1. The third kappa shape index (κ3) is 6.56. The second-order valence-electron chi connectivity index (χ2n) is 12.5. The molecule has 36 heavy (non-hydrogen) atoms. The summed E-state index contributed by atoms with van der Waals surface area (Å²) in [5.41, 5.74) is 3.10. The lowest BCUT2D eigenvalue weighted by Gasteiger charge is -2.34. The molecule has 2 aliphatic rings. The summed E-state index contributed by atoms with van der Waals surface area (Å²) in [6.45, 7) is 17.3. The van der Waals surface area contributed by atoms with Crippen LogP contribution in [0.15, 0.2) is 18.2 Å². The summed E-state index contributed by atoms with van der Waals surface area (Å²) in [4.78, 5) is 17.5. The van der Waals surface area contributed by atoms with E-state index in [1.54, 1.807) is 12.1 Å². The molecule has 1 amide bonds. The molecule has 200 valence electrons. The lowest BCUT2D eigenvalue weighted by atomic mass is 9.94. The van der Waals surface area contributed by atoms with Gasteiger partial charge in [0.05, 0.1) is 16.7 Å². The van der Waals surface area contributed by atoms with E-state index >= 15 is 0 Å².